The van der Waals surface area contributed by atoms with Crippen molar-refractivity contribution in [3.8, 4) is 11.1 Å². The summed E-state index contributed by atoms with van der Waals surface area (Å²) in [5, 5.41) is 0. The Kier molecular flexibility index (Phi) is 4.39. The van der Waals surface area contributed by atoms with E-state index in [-0.39, 0.29) is 11.2 Å². The predicted molar refractivity (Wildman–Crippen MR) is 84.4 cm³/mol. The number of nitrogens with zero attached hydrogens (tertiary/aromatic N) is 1. The molecular formula is C18H20FNO2. The fourth-order valence-corrected chi connectivity index (χ4v) is 2.95. The highest BCUT2D eigenvalue weighted by Crippen LogP contribution is 2.20. The molecule has 3 rings (SSSR count). The van der Waals surface area contributed by atoms with E-state index in [1.165, 1.54) is 12.1 Å². The fraction of sp³-hybridized carbons (Fsp3) is 0.389. The summed E-state index contributed by atoms with van der Waals surface area (Å²) < 4.78 is 20.6. The van der Waals surface area contributed by atoms with E-state index in [0.717, 1.165) is 38.2 Å². The molecule has 0 aliphatic carbocycles. The van der Waals surface area contributed by atoms with E-state index in [4.69, 9.17) is 4.74 Å². The van der Waals surface area contributed by atoms with Gasteiger partial charge in [-0.25, -0.2) is 4.39 Å². The topological polar surface area (TPSA) is 31.2 Å². The van der Waals surface area contributed by atoms with Gasteiger partial charge in [-0.05, 0) is 43.4 Å². The average molecular weight is 301 g/mol. The molecular weight excluding hydrogens is 281 g/mol. The van der Waals surface area contributed by atoms with E-state index in [1.54, 1.807) is 12.1 Å². The first kappa shape index (κ1) is 15.0. The van der Waals surface area contributed by atoms with Gasteiger partial charge in [-0.15, -0.1) is 0 Å². The monoisotopic (exact) mass is 301 g/mol. The van der Waals surface area contributed by atoms with E-state index in [9.17, 15) is 9.18 Å². The second kappa shape index (κ2) is 6.44. The van der Waals surface area contributed by atoms with Gasteiger partial charge in [0.15, 0.2) is 5.43 Å². The van der Waals surface area contributed by atoms with Gasteiger partial charge in [0.2, 0.25) is 0 Å². The van der Waals surface area contributed by atoms with Gasteiger partial charge in [0.25, 0.3) is 0 Å². The van der Waals surface area contributed by atoms with Gasteiger partial charge in [0.1, 0.15) is 5.82 Å². The lowest BCUT2D eigenvalue weighted by molar-refractivity contribution is 0.0612. The molecule has 0 saturated carbocycles. The van der Waals surface area contributed by atoms with Crippen molar-refractivity contribution in [2.75, 3.05) is 13.2 Å². The minimum Gasteiger partial charge on any atom is -0.381 e. The van der Waals surface area contributed by atoms with Crippen LogP contribution in [0.5, 0.6) is 0 Å². The molecule has 2 heterocycles. The zero-order valence-corrected chi connectivity index (χ0v) is 12.7. The van der Waals surface area contributed by atoms with Crippen LogP contribution in [0, 0.1) is 18.7 Å². The molecule has 116 valence electrons. The smallest absolute Gasteiger partial charge is 0.192 e. The summed E-state index contributed by atoms with van der Waals surface area (Å²) in [6, 6.07) is 6.09. The molecule has 22 heavy (non-hydrogen) atoms. The molecule has 0 spiro atoms. The molecule has 0 amide bonds. The van der Waals surface area contributed by atoms with E-state index in [2.05, 4.69) is 4.57 Å². The third-order valence-corrected chi connectivity index (χ3v) is 4.22. The van der Waals surface area contributed by atoms with Gasteiger partial charge >= 0.3 is 0 Å². The zero-order chi connectivity index (χ0) is 15.5. The first-order valence-electron chi connectivity index (χ1n) is 7.68. The van der Waals surface area contributed by atoms with Crippen molar-refractivity contribution in [2.45, 2.75) is 26.3 Å². The molecule has 1 aliphatic rings. The Morgan fingerprint density at radius 1 is 1.18 bits per heavy atom. The van der Waals surface area contributed by atoms with Crippen molar-refractivity contribution in [3.05, 3.63) is 58.3 Å². The van der Waals surface area contributed by atoms with Crippen molar-refractivity contribution in [2.24, 2.45) is 5.92 Å². The van der Waals surface area contributed by atoms with Crippen LogP contribution in [-0.2, 0) is 11.3 Å². The largest absolute Gasteiger partial charge is 0.381 e. The second-order valence-electron chi connectivity index (χ2n) is 5.94. The van der Waals surface area contributed by atoms with Crippen molar-refractivity contribution in [3.63, 3.8) is 0 Å². The molecule has 1 saturated heterocycles. The van der Waals surface area contributed by atoms with Gasteiger partial charge in [-0.1, -0.05) is 12.1 Å². The minimum absolute atomic E-state index is 0.00911. The summed E-state index contributed by atoms with van der Waals surface area (Å²) in [6.45, 7) is 4.35. The average Bonchev–Trinajstić information content (AvgIpc) is 2.53. The number of pyridine rings is 1. The molecule has 1 fully saturated rings. The van der Waals surface area contributed by atoms with Crippen LogP contribution in [-0.4, -0.2) is 17.8 Å². The number of halogens is 1. The lowest BCUT2D eigenvalue weighted by Crippen LogP contribution is -2.22. The number of rotatable bonds is 3. The third kappa shape index (κ3) is 3.28. The molecule has 1 aliphatic heterocycles. The van der Waals surface area contributed by atoms with Gasteiger partial charge in [-0.2, -0.15) is 0 Å². The number of hydrogen-bond acceptors (Lipinski definition) is 2. The van der Waals surface area contributed by atoms with Crippen LogP contribution in [0.2, 0.25) is 0 Å². The van der Waals surface area contributed by atoms with Crippen molar-refractivity contribution in [1.29, 1.82) is 0 Å². The van der Waals surface area contributed by atoms with Gasteiger partial charge < -0.3 is 9.30 Å². The molecule has 0 N–H and O–H groups in total. The van der Waals surface area contributed by atoms with Crippen LogP contribution < -0.4 is 5.43 Å². The Morgan fingerprint density at radius 2 is 1.86 bits per heavy atom. The summed E-state index contributed by atoms with van der Waals surface area (Å²) in [5.74, 6) is 0.288. The summed E-state index contributed by atoms with van der Waals surface area (Å²) in [7, 11) is 0. The quantitative estimate of drug-likeness (QED) is 0.870. The summed E-state index contributed by atoms with van der Waals surface area (Å²) >= 11 is 0. The summed E-state index contributed by atoms with van der Waals surface area (Å²) in [6.07, 6.45) is 5.90. The Bertz CT molecular complexity index is 700. The van der Waals surface area contributed by atoms with Crippen molar-refractivity contribution < 1.29 is 9.13 Å². The van der Waals surface area contributed by atoms with Crippen LogP contribution >= 0.6 is 0 Å². The molecule has 3 nitrogen and oxygen atoms in total. The summed E-state index contributed by atoms with van der Waals surface area (Å²) in [4.78, 5) is 12.4. The van der Waals surface area contributed by atoms with E-state index in [1.807, 2.05) is 19.3 Å². The molecule has 2 aromatic rings. The highest BCUT2D eigenvalue weighted by Gasteiger charge is 2.15. The maximum Gasteiger partial charge on any atom is 0.192 e. The number of ether oxygens (including phenoxy) is 1. The fourth-order valence-electron chi connectivity index (χ4n) is 2.95. The predicted octanol–water partition coefficient (Wildman–Crippen LogP) is 3.39. The van der Waals surface area contributed by atoms with Crippen LogP contribution in [0.3, 0.4) is 0 Å². The van der Waals surface area contributed by atoms with Crippen LogP contribution in [0.4, 0.5) is 4.39 Å². The molecule has 0 unspecified atom stereocenters. The SMILES string of the molecule is Cc1cn(CC2CCOCC2)cc(-c2ccc(F)cc2)c1=O. The standard InChI is InChI=1S/C18H20FNO2/c1-13-10-20(11-14-6-8-22-9-7-14)12-17(18(13)21)15-2-4-16(19)5-3-15/h2-5,10,12,14H,6-9,11H2,1H3. The Balaban J connectivity index is 1.92. The lowest BCUT2D eigenvalue weighted by Gasteiger charge is -2.23. The molecule has 0 radical (unpaired) electrons. The van der Waals surface area contributed by atoms with Crippen LogP contribution in [0.1, 0.15) is 18.4 Å². The maximum atomic E-state index is 13.1. The molecule has 1 aromatic heterocycles. The van der Waals surface area contributed by atoms with Crippen molar-refractivity contribution in [1.82, 2.24) is 4.57 Å². The first-order chi connectivity index (χ1) is 10.6. The minimum atomic E-state index is -0.293. The summed E-state index contributed by atoms with van der Waals surface area (Å²) in [5.41, 5.74) is 2.12. The van der Waals surface area contributed by atoms with E-state index in [0.29, 0.717) is 17.0 Å². The number of hydrogen-bond donors (Lipinski definition) is 0. The normalized spacial score (nSPS) is 15.9. The Hall–Kier alpha value is -1.94. The van der Waals surface area contributed by atoms with Crippen LogP contribution in [0.15, 0.2) is 41.5 Å². The first-order valence-corrected chi connectivity index (χ1v) is 7.68. The lowest BCUT2D eigenvalue weighted by atomic mass is 9.99. The Morgan fingerprint density at radius 3 is 2.55 bits per heavy atom. The Labute approximate surface area is 129 Å². The molecule has 4 heteroatoms. The van der Waals surface area contributed by atoms with Gasteiger partial charge in [0.05, 0.1) is 0 Å². The van der Waals surface area contributed by atoms with Gasteiger partial charge in [-0.3, -0.25) is 4.79 Å². The zero-order valence-electron chi connectivity index (χ0n) is 12.7. The number of aromatic nitrogens is 1. The second-order valence-corrected chi connectivity index (χ2v) is 5.94. The molecule has 0 atom stereocenters. The molecule has 1 aromatic carbocycles. The third-order valence-electron chi connectivity index (χ3n) is 4.22. The molecule has 0 bridgehead atoms. The van der Waals surface area contributed by atoms with E-state index < -0.39 is 0 Å². The highest BCUT2D eigenvalue weighted by molar-refractivity contribution is 5.62. The number of aryl methyl sites for hydroxylation is 1. The van der Waals surface area contributed by atoms with Gasteiger partial charge in [0, 0.05) is 43.3 Å². The van der Waals surface area contributed by atoms with Crippen molar-refractivity contribution >= 4 is 0 Å². The van der Waals surface area contributed by atoms with E-state index >= 15 is 0 Å². The number of benzene rings is 1. The maximum absolute atomic E-state index is 13.1. The van der Waals surface area contributed by atoms with Crippen LogP contribution in [0.25, 0.3) is 11.1 Å². The highest BCUT2D eigenvalue weighted by atomic mass is 19.1.